The van der Waals surface area contributed by atoms with Gasteiger partial charge in [0.2, 0.25) is 0 Å². The van der Waals surface area contributed by atoms with E-state index in [4.69, 9.17) is 0 Å². The topological polar surface area (TPSA) is 78.4 Å². The molecular formula is C12H26N2O3S. The lowest BCUT2D eigenvalue weighted by Crippen LogP contribution is -2.47. The summed E-state index contributed by atoms with van der Waals surface area (Å²) in [5.41, 5.74) is -0.872. The standard InChI is InChI=1S/C12H26N2O3S/c1-11(2)9-13-18(16,17)14-10-12(15)7-5-3-4-6-8-12/h11,13-15H,3-10H2,1-2H3. The van der Waals surface area contributed by atoms with Gasteiger partial charge in [0.1, 0.15) is 0 Å². The molecular weight excluding hydrogens is 252 g/mol. The summed E-state index contributed by atoms with van der Waals surface area (Å²) < 4.78 is 28.3. The van der Waals surface area contributed by atoms with Crippen LogP contribution in [0.25, 0.3) is 0 Å². The van der Waals surface area contributed by atoms with E-state index in [0.717, 1.165) is 25.7 Å². The Hall–Kier alpha value is -0.170. The van der Waals surface area contributed by atoms with Crippen molar-refractivity contribution in [1.82, 2.24) is 9.44 Å². The van der Waals surface area contributed by atoms with E-state index in [1.165, 1.54) is 0 Å². The molecule has 1 fully saturated rings. The van der Waals surface area contributed by atoms with Gasteiger partial charge in [-0.3, -0.25) is 0 Å². The zero-order valence-electron chi connectivity index (χ0n) is 11.4. The van der Waals surface area contributed by atoms with Crippen LogP contribution < -0.4 is 9.44 Å². The summed E-state index contributed by atoms with van der Waals surface area (Å²) in [6.07, 6.45) is 5.55. The number of hydrogen-bond acceptors (Lipinski definition) is 3. The van der Waals surface area contributed by atoms with Crippen LogP contribution in [0, 0.1) is 5.92 Å². The Balaban J connectivity index is 2.42. The summed E-state index contributed by atoms with van der Waals surface area (Å²) in [5, 5.41) is 10.3. The smallest absolute Gasteiger partial charge is 0.277 e. The van der Waals surface area contributed by atoms with Crippen molar-refractivity contribution >= 4 is 10.2 Å². The molecule has 108 valence electrons. The number of nitrogens with one attached hydrogen (secondary N) is 2. The Kier molecular flexibility index (Phi) is 6.04. The highest BCUT2D eigenvalue weighted by Gasteiger charge is 2.29. The minimum Gasteiger partial charge on any atom is -0.389 e. The second-order valence-corrected chi connectivity index (χ2v) is 7.29. The largest absolute Gasteiger partial charge is 0.389 e. The van der Waals surface area contributed by atoms with E-state index in [1.807, 2.05) is 13.8 Å². The summed E-state index contributed by atoms with van der Waals surface area (Å²) in [4.78, 5) is 0. The predicted molar refractivity (Wildman–Crippen MR) is 72.4 cm³/mol. The molecule has 1 aliphatic rings. The maximum atomic E-state index is 11.7. The molecule has 0 spiro atoms. The van der Waals surface area contributed by atoms with Crippen LogP contribution in [0.1, 0.15) is 52.4 Å². The van der Waals surface area contributed by atoms with Crippen LogP contribution in [0.3, 0.4) is 0 Å². The molecule has 1 rings (SSSR count). The van der Waals surface area contributed by atoms with Crippen LogP contribution in [0.5, 0.6) is 0 Å². The normalized spacial score (nSPS) is 20.9. The van der Waals surface area contributed by atoms with Crippen molar-refractivity contribution in [3.05, 3.63) is 0 Å². The minimum atomic E-state index is -3.49. The molecule has 3 N–H and O–H groups in total. The lowest BCUT2D eigenvalue weighted by Gasteiger charge is -2.26. The average Bonchev–Trinajstić information content (AvgIpc) is 2.50. The Morgan fingerprint density at radius 3 is 2.17 bits per heavy atom. The lowest BCUT2D eigenvalue weighted by atomic mass is 9.95. The van der Waals surface area contributed by atoms with Gasteiger partial charge in [0.15, 0.2) is 0 Å². The molecule has 0 saturated heterocycles. The van der Waals surface area contributed by atoms with Gasteiger partial charge in [0.05, 0.1) is 5.60 Å². The van der Waals surface area contributed by atoms with Gasteiger partial charge in [-0.05, 0) is 18.8 Å². The highest BCUT2D eigenvalue weighted by atomic mass is 32.2. The molecule has 5 nitrogen and oxygen atoms in total. The maximum absolute atomic E-state index is 11.7. The van der Waals surface area contributed by atoms with Crippen molar-refractivity contribution < 1.29 is 13.5 Å². The van der Waals surface area contributed by atoms with Crippen LogP contribution in [0.15, 0.2) is 0 Å². The third-order valence-electron chi connectivity index (χ3n) is 3.31. The molecule has 0 aromatic rings. The van der Waals surface area contributed by atoms with E-state index in [0.29, 0.717) is 19.4 Å². The Morgan fingerprint density at radius 2 is 1.67 bits per heavy atom. The van der Waals surface area contributed by atoms with Gasteiger partial charge in [0, 0.05) is 13.1 Å². The zero-order valence-corrected chi connectivity index (χ0v) is 12.2. The molecule has 0 aliphatic heterocycles. The first-order valence-corrected chi connectivity index (χ1v) is 8.28. The predicted octanol–water partition coefficient (Wildman–Crippen LogP) is 1.15. The van der Waals surface area contributed by atoms with Crippen LogP contribution in [-0.4, -0.2) is 32.2 Å². The third-order valence-corrected chi connectivity index (χ3v) is 4.38. The van der Waals surface area contributed by atoms with Gasteiger partial charge < -0.3 is 5.11 Å². The molecule has 0 atom stereocenters. The molecule has 0 aromatic carbocycles. The van der Waals surface area contributed by atoms with Crippen LogP contribution in [0.4, 0.5) is 0 Å². The molecule has 6 heteroatoms. The summed E-state index contributed by atoms with van der Waals surface area (Å²) in [7, 11) is -3.49. The first-order chi connectivity index (χ1) is 8.33. The van der Waals surface area contributed by atoms with E-state index in [9.17, 15) is 13.5 Å². The molecule has 18 heavy (non-hydrogen) atoms. The van der Waals surface area contributed by atoms with Crippen molar-refractivity contribution in [1.29, 1.82) is 0 Å². The number of rotatable bonds is 6. The fraction of sp³-hybridized carbons (Fsp3) is 1.00. The maximum Gasteiger partial charge on any atom is 0.277 e. The monoisotopic (exact) mass is 278 g/mol. The van der Waals surface area contributed by atoms with Gasteiger partial charge in [-0.1, -0.05) is 39.5 Å². The third kappa shape index (κ3) is 6.13. The quantitative estimate of drug-likeness (QED) is 0.638. The average molecular weight is 278 g/mol. The molecule has 0 aromatic heterocycles. The Bertz CT molecular complexity index is 333. The van der Waals surface area contributed by atoms with Crippen molar-refractivity contribution in [3.8, 4) is 0 Å². The first-order valence-electron chi connectivity index (χ1n) is 6.80. The second-order valence-electron chi connectivity index (χ2n) is 5.71. The lowest BCUT2D eigenvalue weighted by molar-refractivity contribution is 0.0302. The van der Waals surface area contributed by atoms with Crippen molar-refractivity contribution in [2.45, 2.75) is 58.0 Å². The van der Waals surface area contributed by atoms with Crippen LogP contribution in [-0.2, 0) is 10.2 Å². The highest BCUT2D eigenvalue weighted by molar-refractivity contribution is 7.87. The van der Waals surface area contributed by atoms with Gasteiger partial charge in [0.25, 0.3) is 10.2 Å². The molecule has 0 heterocycles. The molecule has 0 radical (unpaired) electrons. The highest BCUT2D eigenvalue weighted by Crippen LogP contribution is 2.26. The SMILES string of the molecule is CC(C)CNS(=O)(=O)NCC1(O)CCCCCC1. The van der Waals surface area contributed by atoms with Gasteiger partial charge in [-0.15, -0.1) is 0 Å². The van der Waals surface area contributed by atoms with Gasteiger partial charge in [-0.2, -0.15) is 13.1 Å². The van der Waals surface area contributed by atoms with Crippen LogP contribution in [0.2, 0.25) is 0 Å². The van der Waals surface area contributed by atoms with Crippen molar-refractivity contribution in [2.24, 2.45) is 5.92 Å². The summed E-state index contributed by atoms with van der Waals surface area (Å²) >= 11 is 0. The number of hydrogen-bond donors (Lipinski definition) is 3. The molecule has 1 saturated carbocycles. The Labute approximate surface area is 111 Å². The van der Waals surface area contributed by atoms with Gasteiger partial charge >= 0.3 is 0 Å². The Morgan fingerprint density at radius 1 is 1.11 bits per heavy atom. The fourth-order valence-corrected chi connectivity index (χ4v) is 3.23. The van der Waals surface area contributed by atoms with E-state index in [2.05, 4.69) is 9.44 Å². The molecule has 0 bridgehead atoms. The van der Waals surface area contributed by atoms with E-state index < -0.39 is 15.8 Å². The molecule has 1 aliphatic carbocycles. The van der Waals surface area contributed by atoms with Crippen molar-refractivity contribution in [2.75, 3.05) is 13.1 Å². The summed E-state index contributed by atoms with van der Waals surface area (Å²) in [5.74, 6) is 0.266. The fourth-order valence-electron chi connectivity index (χ4n) is 2.12. The molecule has 0 amide bonds. The van der Waals surface area contributed by atoms with Crippen LogP contribution >= 0.6 is 0 Å². The first kappa shape index (κ1) is 15.9. The van der Waals surface area contributed by atoms with Crippen molar-refractivity contribution in [3.63, 3.8) is 0 Å². The van der Waals surface area contributed by atoms with Gasteiger partial charge in [-0.25, -0.2) is 4.72 Å². The van der Waals surface area contributed by atoms with E-state index >= 15 is 0 Å². The zero-order chi connectivity index (χ0) is 13.6. The summed E-state index contributed by atoms with van der Waals surface area (Å²) in [6, 6.07) is 0. The summed E-state index contributed by atoms with van der Waals surface area (Å²) in [6.45, 7) is 4.41. The van der Waals surface area contributed by atoms with E-state index in [1.54, 1.807) is 0 Å². The van der Waals surface area contributed by atoms with E-state index in [-0.39, 0.29) is 12.5 Å². The molecule has 0 unspecified atom stereocenters. The number of aliphatic hydroxyl groups is 1. The second kappa shape index (κ2) is 6.84. The minimum absolute atomic E-state index is 0.112.